The summed E-state index contributed by atoms with van der Waals surface area (Å²) in [5.41, 5.74) is 8.83. The number of para-hydroxylation sites is 1. The first kappa shape index (κ1) is 21.9. The molecule has 0 amide bonds. The fraction of sp³-hybridized carbons (Fsp3) is 0.0323. The summed E-state index contributed by atoms with van der Waals surface area (Å²) in [5.74, 6) is 0. The zero-order valence-electron chi connectivity index (χ0n) is 18.9. The first-order valence-electron chi connectivity index (χ1n) is 11.0. The van der Waals surface area contributed by atoms with Gasteiger partial charge in [0.05, 0.1) is 0 Å². The smallest absolute Gasteiger partial charge is 0.0464 e. The number of benzene rings is 4. The average molecular weight is 429 g/mol. The Labute approximate surface area is 196 Å². The molecule has 0 aliphatic rings. The van der Waals surface area contributed by atoms with Crippen molar-refractivity contribution in [3.8, 4) is 11.1 Å². The summed E-state index contributed by atoms with van der Waals surface area (Å²) in [4.78, 5) is 2.19. The van der Waals surface area contributed by atoms with Crippen molar-refractivity contribution in [1.29, 1.82) is 0 Å². The van der Waals surface area contributed by atoms with Gasteiger partial charge in [0.1, 0.15) is 0 Å². The molecule has 0 fully saturated rings. The molecule has 2 nitrogen and oxygen atoms in total. The van der Waals surface area contributed by atoms with Crippen LogP contribution >= 0.6 is 0 Å². The van der Waals surface area contributed by atoms with Gasteiger partial charge < -0.3 is 10.2 Å². The molecule has 0 aromatic heterocycles. The maximum atomic E-state index is 4.01. The van der Waals surface area contributed by atoms with E-state index in [0.717, 1.165) is 28.4 Å². The van der Waals surface area contributed by atoms with Gasteiger partial charge in [-0.2, -0.15) is 0 Å². The molecule has 0 saturated heterocycles. The highest BCUT2D eigenvalue weighted by atomic mass is 15.1. The highest BCUT2D eigenvalue weighted by Gasteiger charge is 2.13. The molecule has 0 heterocycles. The van der Waals surface area contributed by atoms with Crippen molar-refractivity contribution < 1.29 is 0 Å². The first-order chi connectivity index (χ1) is 16.2. The molecule has 1 N–H and O–H groups in total. The average Bonchev–Trinajstić information content (AvgIpc) is 2.85. The third kappa shape index (κ3) is 5.31. The Morgan fingerprint density at radius 3 is 1.94 bits per heavy atom. The van der Waals surface area contributed by atoms with Gasteiger partial charge in [0.2, 0.25) is 0 Å². The van der Waals surface area contributed by atoms with E-state index in [2.05, 4.69) is 115 Å². The summed E-state index contributed by atoms with van der Waals surface area (Å²) in [5, 5.41) is 3.43. The summed E-state index contributed by atoms with van der Waals surface area (Å²) in [6, 6.07) is 35.8. The Kier molecular flexibility index (Phi) is 6.87. The molecule has 4 rings (SSSR count). The Balaban J connectivity index is 1.61. The van der Waals surface area contributed by atoms with Gasteiger partial charge in [-0.3, -0.25) is 0 Å². The Hall–Kier alpha value is -4.30. The van der Waals surface area contributed by atoms with Crippen LogP contribution in [-0.4, -0.2) is 0 Å². The molecule has 0 atom stereocenters. The van der Waals surface area contributed by atoms with Gasteiger partial charge >= 0.3 is 0 Å². The normalized spacial score (nSPS) is 11.0. The highest BCUT2D eigenvalue weighted by molar-refractivity contribution is 5.75. The monoisotopic (exact) mass is 428 g/mol. The van der Waals surface area contributed by atoms with Crippen LogP contribution in [0.25, 0.3) is 11.1 Å². The molecular formula is C31H28N2. The van der Waals surface area contributed by atoms with E-state index in [1.807, 2.05) is 30.4 Å². The fourth-order valence-corrected chi connectivity index (χ4v) is 3.81. The lowest BCUT2D eigenvalue weighted by molar-refractivity contribution is 1.20. The molecule has 0 aliphatic carbocycles. The van der Waals surface area contributed by atoms with Crippen LogP contribution in [0.5, 0.6) is 0 Å². The van der Waals surface area contributed by atoms with Crippen LogP contribution in [0.4, 0.5) is 22.7 Å². The molecule has 4 aromatic rings. The molecule has 0 spiro atoms. The van der Waals surface area contributed by atoms with Gasteiger partial charge in [0.25, 0.3) is 0 Å². The number of nitrogens with one attached hydrogen (secondary N) is 1. The molecule has 33 heavy (non-hydrogen) atoms. The number of aryl methyl sites for hydroxylation is 1. The third-order valence-electron chi connectivity index (χ3n) is 5.42. The molecule has 0 radical (unpaired) electrons. The predicted octanol–water partition coefficient (Wildman–Crippen LogP) is 8.80. The molecule has 2 heteroatoms. The van der Waals surface area contributed by atoms with Crippen LogP contribution in [0.1, 0.15) is 5.56 Å². The number of hydrogen-bond donors (Lipinski definition) is 1. The van der Waals surface area contributed by atoms with Crippen molar-refractivity contribution in [3.05, 3.63) is 146 Å². The van der Waals surface area contributed by atoms with Gasteiger partial charge in [-0.05, 0) is 84.3 Å². The van der Waals surface area contributed by atoms with Gasteiger partial charge in [-0.1, -0.05) is 73.8 Å². The van der Waals surface area contributed by atoms with Crippen LogP contribution in [0, 0.1) is 6.92 Å². The molecule has 0 aliphatic heterocycles. The number of rotatable bonds is 8. The summed E-state index contributed by atoms with van der Waals surface area (Å²) < 4.78 is 0. The largest absolute Gasteiger partial charge is 0.356 e. The summed E-state index contributed by atoms with van der Waals surface area (Å²) in [7, 11) is 0. The standard InChI is InChI=1S/C31H28N2/c1-4-10-29(5-2)33(31-14-9-11-24(3)23-31)30-21-17-26(18-22-30)25-15-19-28(20-16-25)32-27-12-7-6-8-13-27/h4-23,32H,1-2H2,3H3/b29-10+. The van der Waals surface area contributed by atoms with E-state index in [9.17, 15) is 0 Å². The fourth-order valence-electron chi connectivity index (χ4n) is 3.81. The number of allylic oxidation sites excluding steroid dienone is 3. The topological polar surface area (TPSA) is 15.3 Å². The van der Waals surface area contributed by atoms with Crippen molar-refractivity contribution >= 4 is 22.7 Å². The van der Waals surface area contributed by atoms with Crippen LogP contribution in [-0.2, 0) is 0 Å². The molecule has 0 saturated carbocycles. The number of nitrogens with zero attached hydrogens (tertiary/aromatic N) is 1. The van der Waals surface area contributed by atoms with Crippen LogP contribution < -0.4 is 10.2 Å². The van der Waals surface area contributed by atoms with E-state index in [0.29, 0.717) is 0 Å². The minimum atomic E-state index is 0.972. The second-order valence-electron chi connectivity index (χ2n) is 7.82. The minimum Gasteiger partial charge on any atom is -0.356 e. The van der Waals surface area contributed by atoms with Gasteiger partial charge in [-0.15, -0.1) is 0 Å². The molecular weight excluding hydrogens is 400 g/mol. The Morgan fingerprint density at radius 1 is 0.697 bits per heavy atom. The van der Waals surface area contributed by atoms with Crippen molar-refractivity contribution in [2.45, 2.75) is 6.92 Å². The van der Waals surface area contributed by atoms with Crippen molar-refractivity contribution in [2.75, 3.05) is 10.2 Å². The van der Waals surface area contributed by atoms with E-state index >= 15 is 0 Å². The third-order valence-corrected chi connectivity index (χ3v) is 5.42. The lowest BCUT2D eigenvalue weighted by Crippen LogP contribution is -2.15. The van der Waals surface area contributed by atoms with Gasteiger partial charge in [0, 0.05) is 28.4 Å². The second-order valence-corrected chi connectivity index (χ2v) is 7.82. The summed E-state index contributed by atoms with van der Waals surface area (Å²) in [6.45, 7) is 9.98. The van der Waals surface area contributed by atoms with E-state index in [-0.39, 0.29) is 0 Å². The van der Waals surface area contributed by atoms with Crippen molar-refractivity contribution in [3.63, 3.8) is 0 Å². The first-order valence-corrected chi connectivity index (χ1v) is 11.0. The summed E-state index contributed by atoms with van der Waals surface area (Å²) in [6.07, 6.45) is 5.62. The molecule has 4 aromatic carbocycles. The van der Waals surface area contributed by atoms with Gasteiger partial charge in [0.15, 0.2) is 0 Å². The maximum Gasteiger partial charge on any atom is 0.0464 e. The molecule has 162 valence electrons. The number of anilines is 4. The maximum absolute atomic E-state index is 4.01. The van der Waals surface area contributed by atoms with Crippen molar-refractivity contribution in [1.82, 2.24) is 0 Å². The number of hydrogen-bond acceptors (Lipinski definition) is 2. The van der Waals surface area contributed by atoms with Crippen LogP contribution in [0.3, 0.4) is 0 Å². The summed E-state index contributed by atoms with van der Waals surface area (Å²) >= 11 is 0. The quantitative estimate of drug-likeness (QED) is 0.282. The second kappa shape index (κ2) is 10.3. The minimum absolute atomic E-state index is 0.972. The molecule has 0 bridgehead atoms. The highest BCUT2D eigenvalue weighted by Crippen LogP contribution is 2.33. The van der Waals surface area contributed by atoms with E-state index < -0.39 is 0 Å². The van der Waals surface area contributed by atoms with E-state index in [4.69, 9.17) is 0 Å². The zero-order chi connectivity index (χ0) is 23.0. The Morgan fingerprint density at radius 2 is 1.33 bits per heavy atom. The molecule has 0 unspecified atom stereocenters. The van der Waals surface area contributed by atoms with Crippen LogP contribution in [0.15, 0.2) is 140 Å². The van der Waals surface area contributed by atoms with Gasteiger partial charge in [-0.25, -0.2) is 0 Å². The SMILES string of the molecule is C=C/C=C(\C=C)N(c1ccc(-c2ccc(Nc3ccccc3)cc2)cc1)c1cccc(C)c1. The zero-order valence-corrected chi connectivity index (χ0v) is 18.9. The van der Waals surface area contributed by atoms with E-state index in [1.165, 1.54) is 16.7 Å². The van der Waals surface area contributed by atoms with Crippen molar-refractivity contribution in [2.24, 2.45) is 0 Å². The van der Waals surface area contributed by atoms with Crippen LogP contribution in [0.2, 0.25) is 0 Å². The Bertz CT molecular complexity index is 1250. The van der Waals surface area contributed by atoms with E-state index in [1.54, 1.807) is 6.08 Å². The lowest BCUT2D eigenvalue weighted by atomic mass is 10.0. The lowest BCUT2D eigenvalue weighted by Gasteiger charge is -2.26. The predicted molar refractivity (Wildman–Crippen MR) is 143 cm³/mol.